The van der Waals surface area contributed by atoms with Gasteiger partial charge in [-0.05, 0) is 74.4 Å². The van der Waals surface area contributed by atoms with Crippen molar-refractivity contribution in [3.63, 3.8) is 0 Å². The number of likely N-dealkylation sites (N-methyl/N-ethyl adjacent to an activating group) is 1. The number of carbonyl (C=O) groups is 4. The average molecular weight is 822 g/mol. The fraction of sp³-hybridized carbons (Fsp3) is 0.568. The predicted octanol–water partition coefficient (Wildman–Crippen LogP) is 6.42. The Bertz CT molecular complexity index is 1760. The highest BCUT2D eigenvalue weighted by Gasteiger charge is 2.38. The molecule has 0 aliphatic carbocycles. The van der Waals surface area contributed by atoms with Gasteiger partial charge in [0.1, 0.15) is 35.4 Å². The highest BCUT2D eigenvalue weighted by atomic mass is 32.1. The van der Waals surface area contributed by atoms with Crippen LogP contribution in [0.25, 0.3) is 0 Å². The Morgan fingerprint density at radius 1 is 0.983 bits per heavy atom. The summed E-state index contributed by atoms with van der Waals surface area (Å²) in [5, 5.41) is 27.7. The van der Waals surface area contributed by atoms with Gasteiger partial charge in [-0.2, -0.15) is 0 Å². The number of amides is 3. The third-order valence-electron chi connectivity index (χ3n) is 11.2. The number of likely N-dealkylation sites (tertiary alicyclic amines) is 1. The Labute approximate surface area is 347 Å². The number of thiazole rings is 1. The van der Waals surface area contributed by atoms with Crippen molar-refractivity contribution in [2.45, 2.75) is 116 Å². The minimum Gasteiger partial charge on any atom is -0.508 e. The maximum Gasteiger partial charge on any atom is 0.306 e. The summed E-state index contributed by atoms with van der Waals surface area (Å²) in [5.41, 5.74) is 1.94. The van der Waals surface area contributed by atoms with E-state index in [9.17, 15) is 24.6 Å². The number of phenolic OH excluding ortho intramolecular Hbond substituents is 1. The van der Waals surface area contributed by atoms with Crippen molar-refractivity contribution in [3.8, 4) is 5.75 Å². The molecule has 318 valence electrons. The molecular weight excluding hydrogens is 759 g/mol. The molecule has 58 heavy (non-hydrogen) atoms. The molecule has 1 saturated heterocycles. The smallest absolute Gasteiger partial charge is 0.306 e. The number of hydrogen-bond donors (Lipinski definition) is 4. The third kappa shape index (κ3) is 13.3. The molecule has 3 amide bonds. The van der Waals surface area contributed by atoms with Crippen LogP contribution in [0.15, 0.2) is 60.0 Å². The van der Waals surface area contributed by atoms with Crippen molar-refractivity contribution in [1.82, 2.24) is 25.4 Å². The maximum absolute atomic E-state index is 15.0. The van der Waals surface area contributed by atoms with E-state index in [1.807, 2.05) is 56.1 Å². The standard InChI is InChI=1S/C44H63N5O8S/c1-8-29(4)39(47-41(52)36-16-12-13-21-48(36)6)43(53)49(25-32-14-10-9-11-15-32)37(28(2)3)24-38(57-27-56-7)42-46-35(26-58-42)40(51)45-33(22-30(5)44(54)55)23-31-17-19-34(50)20-18-31/h9-11,14-15,17-20,26,28-30,33,36-39,50H,8,12-13,16,21-25,27H2,1-7H3,(H,45,51)(H,47,52)(H,54,55)/t29?,30-,33+,36?,37+,38+,39?/m0/s1. The molecule has 1 aliphatic heterocycles. The Balaban J connectivity index is 1.63. The number of benzene rings is 2. The van der Waals surface area contributed by atoms with Gasteiger partial charge >= 0.3 is 5.97 Å². The number of carbonyl (C=O) groups excluding carboxylic acids is 3. The molecule has 0 bridgehead atoms. The third-order valence-corrected chi connectivity index (χ3v) is 12.1. The number of piperidine rings is 1. The number of hydrogen-bond acceptors (Lipinski definition) is 10. The number of carboxylic acid groups (broad SMARTS) is 1. The van der Waals surface area contributed by atoms with Gasteiger partial charge in [-0.15, -0.1) is 11.3 Å². The SMILES string of the molecule is CCC(C)C(NC(=O)C1CCCCN1C)C(=O)N(Cc1ccccc1)[C@H](C[C@@H](OCOC)c1nc(C(=O)N[C@@H](Cc2ccc(O)cc2)C[C@H](C)C(=O)O)cs1)C(C)C. The molecule has 0 saturated carbocycles. The summed E-state index contributed by atoms with van der Waals surface area (Å²) in [6, 6.07) is 14.5. The van der Waals surface area contributed by atoms with Crippen LogP contribution >= 0.6 is 11.3 Å². The summed E-state index contributed by atoms with van der Waals surface area (Å²) in [7, 11) is 3.49. The van der Waals surface area contributed by atoms with Crippen LogP contribution in [0.5, 0.6) is 5.75 Å². The van der Waals surface area contributed by atoms with Crippen LogP contribution in [0, 0.1) is 17.8 Å². The van der Waals surface area contributed by atoms with Gasteiger partial charge in [0.05, 0.1) is 12.0 Å². The molecule has 2 heterocycles. The van der Waals surface area contributed by atoms with E-state index in [2.05, 4.69) is 29.4 Å². The molecule has 0 radical (unpaired) electrons. The average Bonchev–Trinajstić information content (AvgIpc) is 3.70. The molecule has 1 aromatic heterocycles. The molecule has 1 aliphatic rings. The zero-order chi connectivity index (χ0) is 42.4. The summed E-state index contributed by atoms with van der Waals surface area (Å²) in [6.07, 6.45) is 3.67. The molecule has 7 atom stereocenters. The minimum atomic E-state index is -0.965. The number of rotatable bonds is 22. The normalized spacial score (nSPS) is 17.8. The van der Waals surface area contributed by atoms with Gasteiger partial charge in [0.25, 0.3) is 5.91 Å². The van der Waals surface area contributed by atoms with E-state index in [0.29, 0.717) is 30.8 Å². The van der Waals surface area contributed by atoms with Crippen LogP contribution in [-0.4, -0.2) is 100 Å². The first-order valence-corrected chi connectivity index (χ1v) is 21.3. The summed E-state index contributed by atoms with van der Waals surface area (Å²) >= 11 is 1.27. The second-order valence-corrected chi connectivity index (χ2v) is 16.9. The summed E-state index contributed by atoms with van der Waals surface area (Å²) in [5.74, 6) is -2.48. The second kappa shape index (κ2) is 22.7. The Hall–Kier alpha value is -4.37. The maximum atomic E-state index is 15.0. The van der Waals surface area contributed by atoms with Crippen LogP contribution < -0.4 is 10.6 Å². The predicted molar refractivity (Wildman–Crippen MR) is 224 cm³/mol. The van der Waals surface area contributed by atoms with Crippen LogP contribution in [0.1, 0.15) is 106 Å². The van der Waals surface area contributed by atoms with E-state index in [0.717, 1.165) is 36.9 Å². The zero-order valence-electron chi connectivity index (χ0n) is 35.1. The number of aromatic nitrogens is 1. The molecule has 13 nitrogen and oxygen atoms in total. The highest BCUT2D eigenvalue weighted by molar-refractivity contribution is 7.09. The molecule has 1 fully saturated rings. The largest absolute Gasteiger partial charge is 0.508 e. The number of aromatic hydroxyl groups is 1. The van der Waals surface area contributed by atoms with Gasteiger partial charge < -0.3 is 35.2 Å². The lowest BCUT2D eigenvalue weighted by Crippen LogP contribution is -2.58. The van der Waals surface area contributed by atoms with E-state index in [1.165, 1.54) is 18.4 Å². The van der Waals surface area contributed by atoms with E-state index in [-0.39, 0.29) is 60.4 Å². The fourth-order valence-corrected chi connectivity index (χ4v) is 8.32. The first-order valence-electron chi connectivity index (χ1n) is 20.4. The Morgan fingerprint density at radius 2 is 1.69 bits per heavy atom. The summed E-state index contributed by atoms with van der Waals surface area (Å²) in [6.45, 7) is 10.8. The highest BCUT2D eigenvalue weighted by Crippen LogP contribution is 2.32. The number of methoxy groups -OCH3 is 1. The minimum absolute atomic E-state index is 0.0429. The van der Waals surface area contributed by atoms with Crippen molar-refractivity contribution >= 4 is 35.0 Å². The lowest BCUT2D eigenvalue weighted by molar-refractivity contribution is -0.144. The van der Waals surface area contributed by atoms with Crippen molar-refractivity contribution in [3.05, 3.63) is 81.8 Å². The molecule has 4 N–H and O–H groups in total. The number of nitrogens with one attached hydrogen (secondary N) is 2. The van der Waals surface area contributed by atoms with Crippen LogP contribution in [-0.2, 0) is 36.8 Å². The van der Waals surface area contributed by atoms with Crippen molar-refractivity contribution in [1.29, 1.82) is 0 Å². The van der Waals surface area contributed by atoms with Crippen molar-refractivity contribution in [2.75, 3.05) is 27.5 Å². The molecule has 3 aromatic rings. The van der Waals surface area contributed by atoms with Crippen LogP contribution in [0.2, 0.25) is 0 Å². The first kappa shape index (κ1) is 46.3. The lowest BCUT2D eigenvalue weighted by Gasteiger charge is -2.40. The number of ether oxygens (including phenoxy) is 2. The van der Waals surface area contributed by atoms with Gasteiger partial charge in [0.2, 0.25) is 11.8 Å². The molecule has 2 aromatic carbocycles. The lowest BCUT2D eigenvalue weighted by atomic mass is 9.91. The Kier molecular flexibility index (Phi) is 18.1. The number of aliphatic carboxylic acids is 1. The molecule has 14 heteroatoms. The van der Waals surface area contributed by atoms with Gasteiger partial charge in [0, 0.05) is 37.5 Å². The molecule has 0 spiro atoms. The quantitative estimate of drug-likeness (QED) is 0.0830. The summed E-state index contributed by atoms with van der Waals surface area (Å²) in [4.78, 5) is 63.0. The van der Waals surface area contributed by atoms with Crippen LogP contribution in [0.4, 0.5) is 0 Å². The van der Waals surface area contributed by atoms with Gasteiger partial charge in [-0.1, -0.05) is 89.9 Å². The summed E-state index contributed by atoms with van der Waals surface area (Å²) < 4.78 is 11.6. The molecule has 4 rings (SSSR count). The van der Waals surface area contributed by atoms with Gasteiger partial charge in [-0.3, -0.25) is 24.1 Å². The molecular formula is C44H63N5O8S. The number of nitrogens with zero attached hydrogens (tertiary/aromatic N) is 3. The molecule has 3 unspecified atom stereocenters. The van der Waals surface area contributed by atoms with Gasteiger partial charge in [0.15, 0.2) is 0 Å². The van der Waals surface area contributed by atoms with Gasteiger partial charge in [-0.25, -0.2) is 4.98 Å². The first-order chi connectivity index (χ1) is 27.7. The number of phenols is 1. The zero-order valence-corrected chi connectivity index (χ0v) is 35.9. The Morgan fingerprint density at radius 3 is 2.31 bits per heavy atom. The van der Waals surface area contributed by atoms with Crippen LogP contribution in [0.3, 0.4) is 0 Å². The van der Waals surface area contributed by atoms with E-state index in [4.69, 9.17) is 14.5 Å². The van der Waals surface area contributed by atoms with Crippen molar-refractivity contribution in [2.24, 2.45) is 17.8 Å². The van der Waals surface area contributed by atoms with Crippen molar-refractivity contribution < 1.29 is 38.9 Å². The van der Waals surface area contributed by atoms with E-state index < -0.39 is 36.0 Å². The van der Waals surface area contributed by atoms with E-state index >= 15 is 4.79 Å². The topological polar surface area (TPSA) is 171 Å². The second-order valence-electron chi connectivity index (χ2n) is 16.0. The monoisotopic (exact) mass is 821 g/mol. The fourth-order valence-electron chi connectivity index (χ4n) is 7.46. The number of carboxylic acids is 1. The van der Waals surface area contributed by atoms with E-state index in [1.54, 1.807) is 36.6 Å².